The van der Waals surface area contributed by atoms with Crippen molar-refractivity contribution in [1.29, 1.82) is 0 Å². The van der Waals surface area contributed by atoms with Crippen molar-refractivity contribution in [3.05, 3.63) is 51.5 Å². The van der Waals surface area contributed by atoms with Gasteiger partial charge < -0.3 is 11.1 Å². The second kappa shape index (κ2) is 7.06. The number of nitrogens with two attached hydrogens (primary N) is 1. The van der Waals surface area contributed by atoms with Crippen molar-refractivity contribution < 1.29 is 13.2 Å². The molecule has 136 valence electrons. The normalized spacial score (nSPS) is 12.6. The Morgan fingerprint density at radius 2 is 1.85 bits per heavy atom. The lowest BCUT2D eigenvalue weighted by atomic mass is 10.0. The first-order valence-corrected chi connectivity index (χ1v) is 8.50. The summed E-state index contributed by atoms with van der Waals surface area (Å²) < 4.78 is 40.8. The van der Waals surface area contributed by atoms with Crippen molar-refractivity contribution in [1.82, 2.24) is 15.0 Å². The highest BCUT2D eigenvalue weighted by Crippen LogP contribution is 2.31. The van der Waals surface area contributed by atoms with Gasteiger partial charge in [0.25, 0.3) is 6.43 Å². The van der Waals surface area contributed by atoms with Gasteiger partial charge in [0.15, 0.2) is 5.65 Å². The molecular formula is C17H15BrF3N5. The Kier molecular flexibility index (Phi) is 4.99. The van der Waals surface area contributed by atoms with Crippen LogP contribution >= 0.6 is 15.9 Å². The van der Waals surface area contributed by atoms with Crippen LogP contribution in [0.5, 0.6) is 0 Å². The Morgan fingerprint density at radius 3 is 2.54 bits per heavy atom. The fourth-order valence-electron chi connectivity index (χ4n) is 2.62. The molecule has 26 heavy (non-hydrogen) atoms. The number of anilines is 2. The van der Waals surface area contributed by atoms with Crippen LogP contribution in [0.3, 0.4) is 0 Å². The molecular weight excluding hydrogens is 411 g/mol. The maximum absolute atomic E-state index is 14.4. The Hall–Kier alpha value is -2.42. The van der Waals surface area contributed by atoms with Gasteiger partial charge in [0.05, 0.1) is 21.5 Å². The summed E-state index contributed by atoms with van der Waals surface area (Å²) >= 11 is 3.30. The van der Waals surface area contributed by atoms with Crippen LogP contribution in [-0.2, 0) is 0 Å². The Morgan fingerprint density at radius 1 is 1.15 bits per heavy atom. The van der Waals surface area contributed by atoms with Crippen molar-refractivity contribution in [3.63, 3.8) is 0 Å². The summed E-state index contributed by atoms with van der Waals surface area (Å²) in [5.74, 6) is 0.213. The molecule has 0 aliphatic heterocycles. The summed E-state index contributed by atoms with van der Waals surface area (Å²) in [6.07, 6.45) is -2.88. The van der Waals surface area contributed by atoms with Gasteiger partial charge >= 0.3 is 0 Å². The average Bonchev–Trinajstić information content (AvgIpc) is 2.56. The number of halogens is 4. The number of hydrogen-bond donors (Lipinski definition) is 2. The van der Waals surface area contributed by atoms with Gasteiger partial charge in [0.2, 0.25) is 0 Å². The fourth-order valence-corrected chi connectivity index (χ4v) is 2.93. The van der Waals surface area contributed by atoms with Crippen molar-refractivity contribution in [2.75, 3.05) is 11.1 Å². The summed E-state index contributed by atoms with van der Waals surface area (Å²) in [7, 11) is 0. The lowest BCUT2D eigenvalue weighted by Crippen LogP contribution is -2.12. The molecule has 3 N–H and O–H groups in total. The minimum absolute atomic E-state index is 0.120. The molecule has 0 unspecified atom stereocenters. The number of hydrogen-bond acceptors (Lipinski definition) is 5. The topological polar surface area (TPSA) is 76.7 Å². The third-order valence-electron chi connectivity index (χ3n) is 3.89. The first-order valence-electron chi connectivity index (χ1n) is 7.71. The lowest BCUT2D eigenvalue weighted by Gasteiger charge is -2.18. The van der Waals surface area contributed by atoms with E-state index in [-0.39, 0.29) is 11.4 Å². The molecule has 1 atom stereocenters. The molecule has 2 heterocycles. The van der Waals surface area contributed by atoms with Crippen molar-refractivity contribution >= 4 is 38.6 Å². The monoisotopic (exact) mass is 425 g/mol. The molecule has 0 aliphatic carbocycles. The van der Waals surface area contributed by atoms with Crippen LogP contribution in [0.1, 0.15) is 36.3 Å². The number of aromatic nitrogens is 3. The van der Waals surface area contributed by atoms with Gasteiger partial charge in [-0.25, -0.2) is 28.1 Å². The Balaban J connectivity index is 2.04. The second-order valence-electron chi connectivity index (χ2n) is 5.76. The number of alkyl halides is 2. The zero-order valence-corrected chi connectivity index (χ0v) is 15.5. The number of nitrogens with zero attached hydrogens (tertiary/aromatic N) is 3. The van der Waals surface area contributed by atoms with Crippen molar-refractivity contribution in [3.8, 4) is 0 Å². The van der Waals surface area contributed by atoms with Crippen LogP contribution in [0, 0.1) is 12.7 Å². The van der Waals surface area contributed by atoms with Crippen LogP contribution < -0.4 is 11.1 Å². The van der Waals surface area contributed by atoms with Crippen LogP contribution in [0.2, 0.25) is 0 Å². The maximum Gasteiger partial charge on any atom is 0.266 e. The number of fused-ring (bicyclic) bond motifs is 1. The van der Waals surface area contributed by atoms with Gasteiger partial charge in [-0.3, -0.25) is 0 Å². The molecule has 3 aromatic rings. The van der Waals surface area contributed by atoms with Crippen LogP contribution in [0.15, 0.2) is 28.7 Å². The van der Waals surface area contributed by atoms with E-state index in [2.05, 4.69) is 36.2 Å². The van der Waals surface area contributed by atoms with E-state index in [0.29, 0.717) is 27.1 Å². The van der Waals surface area contributed by atoms with Gasteiger partial charge in [-0.1, -0.05) is 18.2 Å². The number of pyridine rings is 1. The highest BCUT2D eigenvalue weighted by molar-refractivity contribution is 9.10. The average molecular weight is 426 g/mol. The van der Waals surface area contributed by atoms with Gasteiger partial charge in [-0.05, 0) is 35.8 Å². The van der Waals surface area contributed by atoms with Crippen LogP contribution in [0.4, 0.5) is 24.8 Å². The van der Waals surface area contributed by atoms with Gasteiger partial charge in [0, 0.05) is 5.56 Å². The Labute approximate surface area is 156 Å². The maximum atomic E-state index is 14.4. The molecule has 2 aromatic heterocycles. The van der Waals surface area contributed by atoms with E-state index < -0.39 is 23.8 Å². The first-order chi connectivity index (χ1) is 12.3. The van der Waals surface area contributed by atoms with Crippen molar-refractivity contribution in [2.45, 2.75) is 26.3 Å². The molecule has 0 fully saturated rings. The summed E-state index contributed by atoms with van der Waals surface area (Å²) in [4.78, 5) is 12.8. The second-order valence-corrected chi connectivity index (χ2v) is 6.62. The molecule has 0 amide bonds. The highest BCUT2D eigenvalue weighted by Gasteiger charge is 2.20. The third-order valence-corrected chi connectivity index (χ3v) is 4.53. The van der Waals surface area contributed by atoms with E-state index in [4.69, 9.17) is 5.73 Å². The molecule has 9 heteroatoms. The van der Waals surface area contributed by atoms with Crippen molar-refractivity contribution in [2.24, 2.45) is 0 Å². The summed E-state index contributed by atoms with van der Waals surface area (Å²) in [6.45, 7) is 3.35. The van der Waals surface area contributed by atoms with Gasteiger partial charge in [-0.15, -0.1) is 0 Å². The number of aryl methyl sites for hydroxylation is 1. The predicted octanol–water partition coefficient (Wildman–Crippen LogP) is 4.93. The molecule has 1 aromatic carbocycles. The number of nitrogens with one attached hydrogen (secondary N) is 1. The molecule has 0 saturated carbocycles. The first kappa shape index (κ1) is 18.4. The number of rotatable bonds is 4. The van der Waals surface area contributed by atoms with E-state index >= 15 is 0 Å². The SMILES string of the molecule is Cc1nc(N[C@H](C)c2cccc(C(F)F)c2F)c2cc(Br)c(N)nc2n1. The van der Waals surface area contributed by atoms with Gasteiger partial charge in [0.1, 0.15) is 23.3 Å². The highest BCUT2D eigenvalue weighted by atomic mass is 79.9. The van der Waals surface area contributed by atoms with E-state index in [1.165, 1.54) is 12.1 Å². The van der Waals surface area contributed by atoms with E-state index in [1.54, 1.807) is 19.9 Å². The summed E-state index contributed by atoms with van der Waals surface area (Å²) in [5, 5.41) is 3.64. The molecule has 3 rings (SSSR count). The van der Waals surface area contributed by atoms with E-state index in [1.807, 2.05) is 0 Å². The minimum atomic E-state index is -2.88. The van der Waals surface area contributed by atoms with Crippen LogP contribution in [0.25, 0.3) is 11.0 Å². The van der Waals surface area contributed by atoms with Gasteiger partial charge in [-0.2, -0.15) is 0 Å². The zero-order chi connectivity index (χ0) is 19.0. The summed E-state index contributed by atoms with van der Waals surface area (Å²) in [6, 6.07) is 5.03. The van der Waals surface area contributed by atoms with E-state index in [9.17, 15) is 13.2 Å². The zero-order valence-electron chi connectivity index (χ0n) is 13.9. The fraction of sp³-hybridized carbons (Fsp3) is 0.235. The van der Waals surface area contributed by atoms with Crippen LogP contribution in [-0.4, -0.2) is 15.0 Å². The molecule has 0 bridgehead atoms. The third kappa shape index (κ3) is 3.44. The Bertz CT molecular complexity index is 980. The van der Waals surface area contributed by atoms with E-state index in [0.717, 1.165) is 6.07 Å². The molecule has 0 radical (unpaired) electrons. The largest absolute Gasteiger partial charge is 0.383 e. The standard InChI is InChI=1S/C17H15BrF3N5/c1-7(9-4-3-5-10(13(9)19)14(20)21)23-16-11-6-12(18)15(22)26-17(11)25-8(2)24-16/h3-7,14H,1-2H3,(H3,22,23,24,25,26)/t7-/m1/s1. The minimum Gasteiger partial charge on any atom is -0.383 e. The number of nitrogen functional groups attached to an aromatic ring is 1. The smallest absolute Gasteiger partial charge is 0.266 e. The quantitative estimate of drug-likeness (QED) is 0.619. The predicted molar refractivity (Wildman–Crippen MR) is 97.6 cm³/mol. The molecule has 5 nitrogen and oxygen atoms in total. The summed E-state index contributed by atoms with van der Waals surface area (Å²) in [5.41, 5.74) is 5.66. The molecule has 0 saturated heterocycles. The molecule has 0 aliphatic rings. The molecule has 0 spiro atoms. The lowest BCUT2D eigenvalue weighted by molar-refractivity contribution is 0.146. The number of benzene rings is 1.